The van der Waals surface area contributed by atoms with Gasteiger partial charge in [-0.05, 0) is 6.07 Å². The number of carbonyl (C=O) groups excluding carboxylic acids is 1. The van der Waals surface area contributed by atoms with E-state index < -0.39 is 5.91 Å². The molecule has 1 amide bonds. The van der Waals surface area contributed by atoms with Crippen LogP contribution in [0.1, 0.15) is 37.2 Å². The van der Waals surface area contributed by atoms with E-state index in [1.54, 1.807) is 12.3 Å². The van der Waals surface area contributed by atoms with Crippen molar-refractivity contribution in [2.75, 3.05) is 5.32 Å². The van der Waals surface area contributed by atoms with Crippen LogP contribution in [-0.2, 0) is 5.41 Å². The molecule has 100 valence electrons. The molecule has 6 nitrogen and oxygen atoms in total. The van der Waals surface area contributed by atoms with Gasteiger partial charge in [-0.1, -0.05) is 32.4 Å². The molecule has 0 aliphatic rings. The number of H-pyrrole nitrogens is 1. The molecule has 0 aromatic carbocycles. The average molecular weight is 280 g/mol. The Labute approximate surface area is 115 Å². The van der Waals surface area contributed by atoms with Crippen LogP contribution < -0.4 is 5.32 Å². The highest BCUT2D eigenvalue weighted by atomic mass is 35.5. The Hall–Kier alpha value is -1.95. The minimum Gasteiger partial charge on any atom is -0.317 e. The van der Waals surface area contributed by atoms with Crippen LogP contribution >= 0.6 is 11.6 Å². The number of rotatable bonds is 2. The van der Waals surface area contributed by atoms with E-state index in [1.165, 1.54) is 6.20 Å². The topological polar surface area (TPSA) is 83.6 Å². The van der Waals surface area contributed by atoms with E-state index in [-0.39, 0.29) is 11.2 Å². The van der Waals surface area contributed by atoms with Crippen molar-refractivity contribution in [3.8, 4) is 0 Å². The first-order valence-corrected chi connectivity index (χ1v) is 6.09. The van der Waals surface area contributed by atoms with Crippen molar-refractivity contribution in [1.82, 2.24) is 20.2 Å². The summed E-state index contributed by atoms with van der Waals surface area (Å²) in [5, 5.41) is 9.68. The summed E-state index contributed by atoms with van der Waals surface area (Å²) < 4.78 is 0. The fourth-order valence-electron chi connectivity index (χ4n) is 1.35. The molecular weight excluding hydrogens is 266 g/mol. The van der Waals surface area contributed by atoms with Crippen LogP contribution in [0, 0.1) is 0 Å². The molecule has 0 spiro atoms. The number of pyridine rings is 1. The van der Waals surface area contributed by atoms with Crippen LogP contribution in [0.4, 0.5) is 5.69 Å². The Bertz CT molecular complexity index is 602. The molecule has 7 heteroatoms. The summed E-state index contributed by atoms with van der Waals surface area (Å²) in [6.45, 7) is 5.94. The molecule has 19 heavy (non-hydrogen) atoms. The number of aromatic nitrogens is 4. The predicted molar refractivity (Wildman–Crippen MR) is 72.3 cm³/mol. The zero-order valence-corrected chi connectivity index (χ0v) is 11.6. The van der Waals surface area contributed by atoms with Gasteiger partial charge < -0.3 is 5.32 Å². The van der Waals surface area contributed by atoms with Gasteiger partial charge in [0.15, 0.2) is 0 Å². The number of aromatic amines is 1. The Morgan fingerprint density at radius 3 is 2.74 bits per heavy atom. The first-order valence-electron chi connectivity index (χ1n) is 5.71. The van der Waals surface area contributed by atoms with Gasteiger partial charge >= 0.3 is 0 Å². The van der Waals surface area contributed by atoms with E-state index in [1.807, 2.05) is 20.8 Å². The van der Waals surface area contributed by atoms with Crippen LogP contribution in [0.5, 0.6) is 0 Å². The standard InChI is InChI=1S/C12H14ClN5O/c1-12(2,3)11-16-9(17-18-11)10(19)15-8-6-14-5-4-7(8)13/h4-6H,1-3H3,(H,15,19)(H,16,17,18). The van der Waals surface area contributed by atoms with E-state index in [2.05, 4.69) is 25.5 Å². The van der Waals surface area contributed by atoms with Crippen molar-refractivity contribution in [3.05, 3.63) is 35.1 Å². The average Bonchev–Trinajstić information content (AvgIpc) is 2.81. The number of hydrogen-bond acceptors (Lipinski definition) is 4. The first-order chi connectivity index (χ1) is 8.88. The maximum Gasteiger partial charge on any atom is 0.295 e. The summed E-state index contributed by atoms with van der Waals surface area (Å²) in [4.78, 5) is 20.0. The number of nitrogens with one attached hydrogen (secondary N) is 2. The lowest BCUT2D eigenvalue weighted by atomic mass is 9.96. The lowest BCUT2D eigenvalue weighted by Gasteiger charge is -2.12. The number of amides is 1. The van der Waals surface area contributed by atoms with Gasteiger partial charge in [0.2, 0.25) is 5.82 Å². The van der Waals surface area contributed by atoms with Gasteiger partial charge in [-0.25, -0.2) is 4.98 Å². The number of hydrogen-bond donors (Lipinski definition) is 2. The van der Waals surface area contributed by atoms with Gasteiger partial charge in [-0.3, -0.25) is 14.9 Å². The third-order valence-corrected chi connectivity index (χ3v) is 2.74. The van der Waals surface area contributed by atoms with Gasteiger partial charge in [-0.2, -0.15) is 0 Å². The molecule has 2 N–H and O–H groups in total. The Balaban J connectivity index is 2.17. The second kappa shape index (κ2) is 4.97. The summed E-state index contributed by atoms with van der Waals surface area (Å²) in [6.07, 6.45) is 3.01. The molecule has 0 aliphatic carbocycles. The van der Waals surface area contributed by atoms with Gasteiger partial charge in [0, 0.05) is 11.6 Å². The molecule has 0 saturated heterocycles. The Kier molecular flexibility index (Phi) is 3.53. The number of carbonyl (C=O) groups is 1. The zero-order chi connectivity index (χ0) is 14.0. The fourth-order valence-corrected chi connectivity index (χ4v) is 1.50. The second-order valence-electron chi connectivity index (χ2n) is 5.07. The highest BCUT2D eigenvalue weighted by molar-refractivity contribution is 6.33. The minimum absolute atomic E-state index is 0.0739. The SMILES string of the molecule is CC(C)(C)c1nc(C(=O)Nc2cnccc2Cl)n[nH]1. The molecule has 2 heterocycles. The Morgan fingerprint density at radius 1 is 1.42 bits per heavy atom. The first kappa shape index (κ1) is 13.5. The van der Waals surface area contributed by atoms with Crippen LogP contribution in [-0.4, -0.2) is 26.1 Å². The van der Waals surface area contributed by atoms with Gasteiger partial charge in [0.25, 0.3) is 5.91 Å². The largest absolute Gasteiger partial charge is 0.317 e. The summed E-state index contributed by atoms with van der Waals surface area (Å²) in [6, 6.07) is 1.59. The summed E-state index contributed by atoms with van der Waals surface area (Å²) in [5.74, 6) is 0.293. The quantitative estimate of drug-likeness (QED) is 0.884. The van der Waals surface area contributed by atoms with Crippen molar-refractivity contribution in [3.63, 3.8) is 0 Å². The number of halogens is 1. The molecule has 0 unspecified atom stereocenters. The van der Waals surface area contributed by atoms with Gasteiger partial charge in [0.1, 0.15) is 5.82 Å². The minimum atomic E-state index is -0.429. The van der Waals surface area contributed by atoms with Crippen molar-refractivity contribution >= 4 is 23.2 Å². The highest BCUT2D eigenvalue weighted by Gasteiger charge is 2.21. The van der Waals surface area contributed by atoms with Crippen molar-refractivity contribution in [2.45, 2.75) is 26.2 Å². The van der Waals surface area contributed by atoms with Crippen molar-refractivity contribution in [1.29, 1.82) is 0 Å². The third-order valence-electron chi connectivity index (χ3n) is 2.41. The molecule has 0 aliphatic heterocycles. The maximum absolute atomic E-state index is 12.0. The third kappa shape index (κ3) is 3.08. The monoisotopic (exact) mass is 279 g/mol. The van der Waals surface area contributed by atoms with Gasteiger partial charge in [0.05, 0.1) is 16.9 Å². The molecule has 0 bridgehead atoms. The van der Waals surface area contributed by atoms with Crippen LogP contribution in [0.2, 0.25) is 5.02 Å². The van der Waals surface area contributed by atoms with E-state index in [9.17, 15) is 4.79 Å². The van der Waals surface area contributed by atoms with E-state index in [0.717, 1.165) is 0 Å². The van der Waals surface area contributed by atoms with Gasteiger partial charge in [-0.15, -0.1) is 5.10 Å². The molecule has 0 fully saturated rings. The molecule has 2 aromatic heterocycles. The lowest BCUT2D eigenvalue weighted by Crippen LogP contribution is -2.16. The fraction of sp³-hybridized carbons (Fsp3) is 0.333. The molecule has 2 rings (SSSR count). The highest BCUT2D eigenvalue weighted by Crippen LogP contribution is 2.20. The van der Waals surface area contributed by atoms with Crippen LogP contribution in [0.25, 0.3) is 0 Å². The smallest absolute Gasteiger partial charge is 0.295 e. The molecular formula is C12H14ClN5O. The van der Waals surface area contributed by atoms with Crippen LogP contribution in [0.15, 0.2) is 18.5 Å². The van der Waals surface area contributed by atoms with E-state index >= 15 is 0 Å². The van der Waals surface area contributed by atoms with Crippen molar-refractivity contribution < 1.29 is 4.79 Å². The molecule has 0 radical (unpaired) electrons. The second-order valence-corrected chi connectivity index (χ2v) is 5.47. The molecule has 2 aromatic rings. The summed E-state index contributed by atoms with van der Waals surface area (Å²) in [7, 11) is 0. The molecule has 0 saturated carbocycles. The van der Waals surface area contributed by atoms with Crippen molar-refractivity contribution in [2.24, 2.45) is 0 Å². The summed E-state index contributed by atoms with van der Waals surface area (Å²) in [5.41, 5.74) is 0.230. The zero-order valence-electron chi connectivity index (χ0n) is 10.9. The molecule has 0 atom stereocenters. The Morgan fingerprint density at radius 2 is 2.16 bits per heavy atom. The lowest BCUT2D eigenvalue weighted by molar-refractivity contribution is 0.101. The predicted octanol–water partition coefficient (Wildman–Crippen LogP) is 2.40. The number of nitrogens with zero attached hydrogens (tertiary/aromatic N) is 3. The van der Waals surface area contributed by atoms with E-state index in [0.29, 0.717) is 16.5 Å². The summed E-state index contributed by atoms with van der Waals surface area (Å²) >= 11 is 5.93. The number of anilines is 1. The van der Waals surface area contributed by atoms with Crippen LogP contribution in [0.3, 0.4) is 0 Å². The normalized spacial score (nSPS) is 11.4. The van der Waals surface area contributed by atoms with E-state index in [4.69, 9.17) is 11.6 Å². The maximum atomic E-state index is 12.0.